The number of Topliss-reactive ketones (excluding diaryl/α,β-unsaturated/α-hetero) is 1. The van der Waals surface area contributed by atoms with Gasteiger partial charge in [0.1, 0.15) is 17.4 Å². The second-order valence-electron chi connectivity index (χ2n) is 11.1. The molecule has 8 nitrogen and oxygen atoms in total. The van der Waals surface area contributed by atoms with E-state index in [-0.39, 0.29) is 23.3 Å². The fourth-order valence-electron chi connectivity index (χ4n) is 5.98. The van der Waals surface area contributed by atoms with Crippen LogP contribution in [0.4, 0.5) is 0 Å². The van der Waals surface area contributed by atoms with Crippen LogP contribution >= 0.6 is 0 Å². The number of carbonyl (C=O) groups excluding carboxylic acids is 2. The van der Waals surface area contributed by atoms with Crippen LogP contribution in [0, 0.1) is 18.3 Å². The monoisotopic (exact) mass is 532 g/mol. The second-order valence-corrected chi connectivity index (χ2v) is 11.1. The summed E-state index contributed by atoms with van der Waals surface area (Å²) in [6, 6.07) is 7.84. The summed E-state index contributed by atoms with van der Waals surface area (Å²) in [4.78, 5) is 34.7. The molecule has 1 N–H and O–H groups in total. The molecule has 2 aliphatic rings. The molecule has 8 heteroatoms. The number of rotatable bonds is 12. The van der Waals surface area contributed by atoms with Crippen LogP contribution in [0.2, 0.25) is 0 Å². The van der Waals surface area contributed by atoms with Crippen LogP contribution in [0.1, 0.15) is 82.3 Å². The van der Waals surface area contributed by atoms with Gasteiger partial charge in [0.15, 0.2) is 0 Å². The Morgan fingerprint density at radius 3 is 2.79 bits per heavy atom. The fraction of sp³-hybridized carbons (Fsp3) is 0.548. The number of methoxy groups -OCH3 is 1. The van der Waals surface area contributed by atoms with Gasteiger partial charge in [0.2, 0.25) is 5.91 Å². The third-order valence-corrected chi connectivity index (χ3v) is 8.52. The molecular formula is C31H40N4O4. The molecule has 208 valence electrons. The normalized spacial score (nSPS) is 18.7. The smallest absolute Gasteiger partial charge is 0.224 e. The van der Waals surface area contributed by atoms with Crippen molar-refractivity contribution in [1.82, 2.24) is 19.9 Å². The van der Waals surface area contributed by atoms with Crippen LogP contribution < -0.4 is 10.1 Å². The van der Waals surface area contributed by atoms with Crippen molar-refractivity contribution < 1.29 is 19.1 Å². The number of pyridine rings is 1. The van der Waals surface area contributed by atoms with Gasteiger partial charge in [-0.3, -0.25) is 19.1 Å². The molecule has 5 rings (SSSR count). The Morgan fingerprint density at radius 1 is 1.21 bits per heavy atom. The standard InChI is InChI=1S/C31H40N4O4/c1-4-23(36)8-6-5-7-9-25(34-30(37)24-20-31(24)12-16-39-17-13-31)29-32-14-15-35(29)27-18-22-11-10-21(2)33-26(22)19-28(27)38-3/h10-11,14-15,18-19,24-25H,4-9,12-13,16-17,20H2,1-3H3,(H,34,37)/t24?,25-/m0/s1. The van der Waals surface area contributed by atoms with Gasteiger partial charge < -0.3 is 14.8 Å². The maximum absolute atomic E-state index is 13.5. The number of carbonyl (C=O) groups is 2. The zero-order chi connectivity index (χ0) is 27.4. The molecule has 39 heavy (non-hydrogen) atoms. The Balaban J connectivity index is 1.39. The van der Waals surface area contributed by atoms with Crippen LogP contribution in [-0.4, -0.2) is 46.5 Å². The summed E-state index contributed by atoms with van der Waals surface area (Å²) >= 11 is 0. The minimum absolute atomic E-state index is 0.0407. The van der Waals surface area contributed by atoms with E-state index in [1.54, 1.807) is 13.3 Å². The van der Waals surface area contributed by atoms with E-state index in [0.29, 0.717) is 24.4 Å². The number of nitrogens with zero attached hydrogens (tertiary/aromatic N) is 3. The molecular weight excluding hydrogens is 492 g/mol. The molecule has 1 aromatic carbocycles. The first kappa shape index (κ1) is 27.3. The average Bonchev–Trinajstić information content (AvgIpc) is 3.41. The van der Waals surface area contributed by atoms with Crippen LogP contribution in [0.3, 0.4) is 0 Å². The predicted molar refractivity (Wildman–Crippen MR) is 150 cm³/mol. The van der Waals surface area contributed by atoms with E-state index < -0.39 is 0 Å². The van der Waals surface area contributed by atoms with E-state index >= 15 is 0 Å². The predicted octanol–water partition coefficient (Wildman–Crippen LogP) is 5.64. The van der Waals surface area contributed by atoms with Crippen LogP contribution in [0.5, 0.6) is 5.75 Å². The van der Waals surface area contributed by atoms with Crippen molar-refractivity contribution in [3.63, 3.8) is 0 Å². The molecule has 3 aromatic rings. The number of nitrogens with one attached hydrogen (secondary N) is 1. The van der Waals surface area contributed by atoms with Crippen molar-refractivity contribution in [2.24, 2.45) is 11.3 Å². The summed E-state index contributed by atoms with van der Waals surface area (Å²) in [5, 5.41) is 4.38. The lowest BCUT2D eigenvalue weighted by atomic mass is 9.93. The first-order chi connectivity index (χ1) is 18.9. The summed E-state index contributed by atoms with van der Waals surface area (Å²) in [6.07, 6.45) is 11.2. The van der Waals surface area contributed by atoms with E-state index in [2.05, 4.69) is 22.4 Å². The number of aryl methyl sites for hydroxylation is 1. The quantitative estimate of drug-likeness (QED) is 0.303. The highest BCUT2D eigenvalue weighted by molar-refractivity contribution is 5.84. The third-order valence-electron chi connectivity index (χ3n) is 8.52. The van der Waals surface area contributed by atoms with Gasteiger partial charge in [0, 0.05) is 61.5 Å². The van der Waals surface area contributed by atoms with Gasteiger partial charge >= 0.3 is 0 Å². The molecule has 0 bridgehead atoms. The number of unbranched alkanes of at least 4 members (excludes halogenated alkanes) is 2. The van der Waals surface area contributed by atoms with Crippen molar-refractivity contribution in [1.29, 1.82) is 0 Å². The molecule has 1 unspecified atom stereocenters. The average molecular weight is 533 g/mol. The van der Waals surface area contributed by atoms with Crippen LogP contribution in [0.25, 0.3) is 16.6 Å². The molecule has 3 heterocycles. The summed E-state index contributed by atoms with van der Waals surface area (Å²) in [7, 11) is 1.66. The largest absolute Gasteiger partial charge is 0.494 e. The maximum atomic E-state index is 13.5. The number of fused-ring (bicyclic) bond motifs is 1. The van der Waals surface area contributed by atoms with Crippen LogP contribution in [-0.2, 0) is 14.3 Å². The lowest BCUT2D eigenvalue weighted by Crippen LogP contribution is -2.34. The van der Waals surface area contributed by atoms with E-state index in [9.17, 15) is 9.59 Å². The highest BCUT2D eigenvalue weighted by atomic mass is 16.5. The first-order valence-electron chi connectivity index (χ1n) is 14.3. The molecule has 1 aliphatic carbocycles. The van der Waals surface area contributed by atoms with Crippen molar-refractivity contribution >= 4 is 22.6 Å². The van der Waals surface area contributed by atoms with Crippen molar-refractivity contribution in [2.45, 2.75) is 77.7 Å². The lowest BCUT2D eigenvalue weighted by Gasteiger charge is -2.24. The Morgan fingerprint density at radius 2 is 2.03 bits per heavy atom. The molecule has 1 saturated carbocycles. The third kappa shape index (κ3) is 6.01. The topological polar surface area (TPSA) is 95.3 Å². The van der Waals surface area contributed by atoms with Gasteiger partial charge in [-0.15, -0.1) is 0 Å². The van der Waals surface area contributed by atoms with Crippen molar-refractivity contribution in [2.75, 3.05) is 20.3 Å². The molecule has 1 amide bonds. The molecule has 1 saturated heterocycles. The van der Waals surface area contributed by atoms with E-state index in [1.807, 2.05) is 36.7 Å². The summed E-state index contributed by atoms with van der Waals surface area (Å²) in [5.41, 5.74) is 2.80. The van der Waals surface area contributed by atoms with Gasteiger partial charge in [0.25, 0.3) is 0 Å². The number of aromatic nitrogens is 3. The van der Waals surface area contributed by atoms with Crippen molar-refractivity contribution in [3.8, 4) is 11.4 Å². The van der Waals surface area contributed by atoms with Crippen molar-refractivity contribution in [3.05, 3.63) is 48.2 Å². The second kappa shape index (κ2) is 11.9. The van der Waals surface area contributed by atoms with Crippen LogP contribution in [0.15, 0.2) is 36.7 Å². The number of ketones is 1. The number of imidazole rings is 1. The zero-order valence-corrected chi connectivity index (χ0v) is 23.4. The molecule has 2 atom stereocenters. The number of hydrogen-bond donors (Lipinski definition) is 1. The minimum atomic E-state index is -0.247. The molecule has 1 aliphatic heterocycles. The molecule has 1 spiro atoms. The first-order valence-corrected chi connectivity index (χ1v) is 14.3. The molecule has 2 fully saturated rings. The van der Waals surface area contributed by atoms with Gasteiger partial charge in [-0.05, 0) is 56.6 Å². The SMILES string of the molecule is CCC(=O)CCCCC[C@H](NC(=O)C1CC12CCOCC2)c1nccn1-c1cc2ccc(C)nc2cc1OC. The van der Waals surface area contributed by atoms with Gasteiger partial charge in [-0.25, -0.2) is 4.98 Å². The van der Waals surface area contributed by atoms with E-state index in [1.165, 1.54) is 0 Å². The minimum Gasteiger partial charge on any atom is -0.494 e. The Kier molecular flexibility index (Phi) is 8.31. The summed E-state index contributed by atoms with van der Waals surface area (Å²) in [5.74, 6) is 1.94. The Labute approximate surface area is 230 Å². The highest BCUT2D eigenvalue weighted by Crippen LogP contribution is 2.59. The number of ether oxygens (including phenoxy) is 2. The number of benzene rings is 1. The lowest BCUT2D eigenvalue weighted by molar-refractivity contribution is -0.124. The Hall–Kier alpha value is -3.26. The maximum Gasteiger partial charge on any atom is 0.224 e. The fourth-order valence-corrected chi connectivity index (χ4v) is 5.98. The Bertz CT molecular complexity index is 1330. The highest BCUT2D eigenvalue weighted by Gasteiger charge is 2.58. The van der Waals surface area contributed by atoms with Gasteiger partial charge in [0.05, 0.1) is 24.4 Å². The number of hydrogen-bond acceptors (Lipinski definition) is 6. The number of amides is 1. The molecule has 2 aromatic heterocycles. The molecule has 0 radical (unpaired) electrons. The van der Waals surface area contributed by atoms with E-state index in [0.717, 1.165) is 86.3 Å². The van der Waals surface area contributed by atoms with Gasteiger partial charge in [-0.2, -0.15) is 0 Å². The van der Waals surface area contributed by atoms with Gasteiger partial charge in [-0.1, -0.05) is 25.8 Å². The van der Waals surface area contributed by atoms with E-state index in [4.69, 9.17) is 14.5 Å². The summed E-state index contributed by atoms with van der Waals surface area (Å²) < 4.78 is 13.4. The summed E-state index contributed by atoms with van der Waals surface area (Å²) in [6.45, 7) is 5.37. The zero-order valence-electron chi connectivity index (χ0n) is 23.4.